The van der Waals surface area contributed by atoms with Crippen molar-refractivity contribution in [3.8, 4) is 0 Å². The summed E-state index contributed by atoms with van der Waals surface area (Å²) in [6.07, 6.45) is 4.78. The Morgan fingerprint density at radius 3 is 3.24 bits per heavy atom. The highest BCUT2D eigenvalue weighted by Gasteiger charge is 2.14. The topological polar surface area (TPSA) is 27.8 Å². The standard InChI is InChI=1S/C14H18N2S/c1-2-13(17-7-1)10-15-9-11-3-4-14-12(8-11)5-6-16-14/h3-6,8,13,15-16H,1-2,7,9-10H2. The average molecular weight is 246 g/mol. The summed E-state index contributed by atoms with van der Waals surface area (Å²) >= 11 is 2.11. The Balaban J connectivity index is 1.56. The first kappa shape index (κ1) is 11.2. The Morgan fingerprint density at radius 1 is 1.35 bits per heavy atom. The molecule has 0 amide bonds. The molecule has 0 saturated carbocycles. The number of aromatic nitrogens is 1. The van der Waals surface area contributed by atoms with Crippen LogP contribution in [0.25, 0.3) is 10.9 Å². The first-order valence-corrected chi connectivity index (χ1v) is 7.35. The minimum atomic E-state index is 0.839. The second kappa shape index (κ2) is 5.15. The van der Waals surface area contributed by atoms with Crippen molar-refractivity contribution in [3.63, 3.8) is 0 Å². The van der Waals surface area contributed by atoms with Gasteiger partial charge in [-0.2, -0.15) is 11.8 Å². The fraction of sp³-hybridized carbons (Fsp3) is 0.429. The Hall–Kier alpha value is -0.930. The van der Waals surface area contributed by atoms with Crippen LogP contribution in [0, 0.1) is 0 Å². The van der Waals surface area contributed by atoms with E-state index in [2.05, 4.69) is 46.3 Å². The van der Waals surface area contributed by atoms with E-state index in [1.807, 2.05) is 6.20 Å². The van der Waals surface area contributed by atoms with E-state index in [0.29, 0.717) is 0 Å². The SMILES string of the molecule is c1cc2cc(CNCC3CCCS3)ccc2[nH]1. The molecule has 3 rings (SSSR count). The molecule has 1 aromatic heterocycles. The summed E-state index contributed by atoms with van der Waals surface area (Å²) in [5, 5.41) is 5.71. The molecule has 0 spiro atoms. The van der Waals surface area contributed by atoms with Gasteiger partial charge in [0.05, 0.1) is 0 Å². The molecule has 0 radical (unpaired) electrons. The zero-order valence-electron chi connectivity index (χ0n) is 9.91. The number of aromatic amines is 1. The lowest BCUT2D eigenvalue weighted by Crippen LogP contribution is -2.22. The maximum absolute atomic E-state index is 3.57. The molecule has 1 aromatic carbocycles. The number of hydrogen-bond donors (Lipinski definition) is 2. The second-order valence-electron chi connectivity index (χ2n) is 4.67. The van der Waals surface area contributed by atoms with Crippen molar-refractivity contribution < 1.29 is 0 Å². The summed E-state index contributed by atoms with van der Waals surface area (Å²) in [4.78, 5) is 3.22. The number of nitrogens with one attached hydrogen (secondary N) is 2. The third-order valence-corrected chi connectivity index (χ3v) is 4.74. The Labute approximate surface area is 106 Å². The van der Waals surface area contributed by atoms with Crippen LogP contribution in [0.1, 0.15) is 18.4 Å². The van der Waals surface area contributed by atoms with Crippen LogP contribution in [0.4, 0.5) is 0 Å². The zero-order valence-corrected chi connectivity index (χ0v) is 10.7. The van der Waals surface area contributed by atoms with Crippen LogP contribution >= 0.6 is 11.8 Å². The summed E-state index contributed by atoms with van der Waals surface area (Å²) in [5.41, 5.74) is 2.60. The maximum Gasteiger partial charge on any atom is 0.0454 e. The number of rotatable bonds is 4. The van der Waals surface area contributed by atoms with Crippen LogP contribution in [0.2, 0.25) is 0 Å². The van der Waals surface area contributed by atoms with Crippen molar-refractivity contribution in [2.75, 3.05) is 12.3 Å². The predicted octanol–water partition coefficient (Wildman–Crippen LogP) is 3.15. The van der Waals surface area contributed by atoms with Gasteiger partial charge in [0.25, 0.3) is 0 Å². The highest BCUT2D eigenvalue weighted by molar-refractivity contribution is 8.00. The van der Waals surface area contributed by atoms with E-state index in [-0.39, 0.29) is 0 Å². The van der Waals surface area contributed by atoms with E-state index >= 15 is 0 Å². The monoisotopic (exact) mass is 246 g/mol. The summed E-state index contributed by atoms with van der Waals surface area (Å²) in [5.74, 6) is 1.35. The first-order valence-electron chi connectivity index (χ1n) is 6.30. The van der Waals surface area contributed by atoms with Gasteiger partial charge in [-0.1, -0.05) is 6.07 Å². The van der Waals surface area contributed by atoms with Crippen LogP contribution in [-0.4, -0.2) is 22.5 Å². The highest BCUT2D eigenvalue weighted by atomic mass is 32.2. The summed E-state index contributed by atoms with van der Waals surface area (Å²) in [7, 11) is 0. The summed E-state index contributed by atoms with van der Waals surface area (Å²) < 4.78 is 0. The fourth-order valence-electron chi connectivity index (χ4n) is 2.40. The molecule has 1 unspecified atom stereocenters. The van der Waals surface area contributed by atoms with E-state index in [0.717, 1.165) is 18.3 Å². The van der Waals surface area contributed by atoms with Crippen molar-refractivity contribution in [2.45, 2.75) is 24.6 Å². The van der Waals surface area contributed by atoms with Crippen LogP contribution < -0.4 is 5.32 Å². The Bertz CT molecular complexity index is 486. The number of fused-ring (bicyclic) bond motifs is 1. The minimum absolute atomic E-state index is 0.839. The normalized spacial score (nSPS) is 20.1. The molecule has 1 aliphatic heterocycles. The highest BCUT2D eigenvalue weighted by Crippen LogP contribution is 2.25. The molecule has 1 fully saturated rings. The molecule has 2 heterocycles. The van der Waals surface area contributed by atoms with E-state index in [1.165, 1.54) is 35.1 Å². The van der Waals surface area contributed by atoms with Crippen LogP contribution in [0.3, 0.4) is 0 Å². The fourth-order valence-corrected chi connectivity index (χ4v) is 3.63. The quantitative estimate of drug-likeness (QED) is 0.867. The molecule has 2 nitrogen and oxygen atoms in total. The van der Waals surface area contributed by atoms with Gasteiger partial charge >= 0.3 is 0 Å². The number of benzene rings is 1. The molecular formula is C14H18N2S. The largest absolute Gasteiger partial charge is 0.361 e. The third-order valence-electron chi connectivity index (χ3n) is 3.34. The first-order chi connectivity index (χ1) is 8.42. The third kappa shape index (κ3) is 2.67. The lowest BCUT2D eigenvalue weighted by Gasteiger charge is -2.10. The zero-order chi connectivity index (χ0) is 11.5. The van der Waals surface area contributed by atoms with Crippen LogP contribution in [0.5, 0.6) is 0 Å². The van der Waals surface area contributed by atoms with Crippen molar-refractivity contribution >= 4 is 22.7 Å². The smallest absolute Gasteiger partial charge is 0.0454 e. The van der Waals surface area contributed by atoms with Gasteiger partial charge in [-0.05, 0) is 47.7 Å². The molecule has 0 bridgehead atoms. The van der Waals surface area contributed by atoms with Crippen molar-refractivity contribution in [3.05, 3.63) is 36.0 Å². The van der Waals surface area contributed by atoms with Crippen molar-refractivity contribution in [1.29, 1.82) is 0 Å². The molecular weight excluding hydrogens is 228 g/mol. The van der Waals surface area contributed by atoms with E-state index in [4.69, 9.17) is 0 Å². The molecule has 17 heavy (non-hydrogen) atoms. The molecule has 1 aliphatic rings. The predicted molar refractivity (Wildman–Crippen MR) is 75.5 cm³/mol. The van der Waals surface area contributed by atoms with E-state index in [1.54, 1.807) is 0 Å². The van der Waals surface area contributed by atoms with Gasteiger partial charge < -0.3 is 10.3 Å². The lowest BCUT2D eigenvalue weighted by atomic mass is 10.1. The molecule has 3 heteroatoms. The molecule has 1 atom stereocenters. The van der Waals surface area contributed by atoms with Crippen molar-refractivity contribution in [1.82, 2.24) is 10.3 Å². The lowest BCUT2D eigenvalue weighted by molar-refractivity contribution is 0.646. The van der Waals surface area contributed by atoms with Crippen LogP contribution in [-0.2, 0) is 6.54 Å². The van der Waals surface area contributed by atoms with Gasteiger partial charge in [-0.15, -0.1) is 0 Å². The average Bonchev–Trinajstić information content (AvgIpc) is 2.98. The molecule has 2 N–H and O–H groups in total. The molecule has 0 aliphatic carbocycles. The van der Waals surface area contributed by atoms with Gasteiger partial charge in [0.1, 0.15) is 0 Å². The second-order valence-corrected chi connectivity index (χ2v) is 6.07. The van der Waals surface area contributed by atoms with Gasteiger partial charge in [0, 0.05) is 30.1 Å². The molecule has 1 saturated heterocycles. The van der Waals surface area contributed by atoms with E-state index in [9.17, 15) is 0 Å². The van der Waals surface area contributed by atoms with Gasteiger partial charge in [0.2, 0.25) is 0 Å². The number of H-pyrrole nitrogens is 1. The Morgan fingerprint density at radius 2 is 2.35 bits per heavy atom. The maximum atomic E-state index is 3.57. The van der Waals surface area contributed by atoms with Crippen molar-refractivity contribution in [2.24, 2.45) is 0 Å². The summed E-state index contributed by atoms with van der Waals surface area (Å²) in [6.45, 7) is 2.13. The van der Waals surface area contributed by atoms with Crippen LogP contribution in [0.15, 0.2) is 30.5 Å². The van der Waals surface area contributed by atoms with Gasteiger partial charge in [-0.25, -0.2) is 0 Å². The Kier molecular flexibility index (Phi) is 3.39. The van der Waals surface area contributed by atoms with Gasteiger partial charge in [0.15, 0.2) is 0 Å². The van der Waals surface area contributed by atoms with Gasteiger partial charge in [-0.3, -0.25) is 0 Å². The molecule has 2 aromatic rings. The number of thioether (sulfide) groups is 1. The minimum Gasteiger partial charge on any atom is -0.361 e. The summed E-state index contributed by atoms with van der Waals surface area (Å²) in [6, 6.07) is 8.76. The van der Waals surface area contributed by atoms with E-state index < -0.39 is 0 Å². The number of hydrogen-bond acceptors (Lipinski definition) is 2. The molecule has 90 valence electrons.